The molecule has 0 aliphatic heterocycles. The fourth-order valence-corrected chi connectivity index (χ4v) is 1.05. The lowest BCUT2D eigenvalue weighted by atomic mass is 9.93. The molecule has 0 aromatic carbocycles. The fraction of sp³-hybridized carbons (Fsp3) is 0.700. The molecule has 1 atom stereocenters. The Morgan fingerprint density at radius 2 is 2.08 bits per heavy atom. The van der Waals surface area contributed by atoms with Crippen molar-refractivity contribution in [3.05, 3.63) is 11.6 Å². The van der Waals surface area contributed by atoms with E-state index in [-0.39, 0.29) is 0 Å². The van der Waals surface area contributed by atoms with Crippen molar-refractivity contribution >= 4 is 5.97 Å². The van der Waals surface area contributed by atoms with Crippen LogP contribution in [0.15, 0.2) is 11.6 Å². The van der Waals surface area contributed by atoms with E-state index in [0.29, 0.717) is 18.6 Å². The van der Waals surface area contributed by atoms with Gasteiger partial charge in [0.15, 0.2) is 0 Å². The van der Waals surface area contributed by atoms with Crippen LogP contribution in [0.5, 0.6) is 0 Å². The van der Waals surface area contributed by atoms with Gasteiger partial charge in [0.1, 0.15) is 0 Å². The number of aliphatic hydroxyl groups is 1. The van der Waals surface area contributed by atoms with E-state index in [1.807, 2.05) is 6.92 Å². The van der Waals surface area contributed by atoms with Crippen molar-refractivity contribution < 1.29 is 14.6 Å². The third kappa shape index (κ3) is 3.19. The van der Waals surface area contributed by atoms with Crippen LogP contribution in [0.25, 0.3) is 0 Å². The summed E-state index contributed by atoms with van der Waals surface area (Å²) in [6.07, 6.45) is 2.09. The van der Waals surface area contributed by atoms with Crippen LogP contribution in [0.4, 0.5) is 0 Å². The van der Waals surface area contributed by atoms with Gasteiger partial charge in [0.2, 0.25) is 0 Å². The lowest BCUT2D eigenvalue weighted by Crippen LogP contribution is -2.31. The minimum Gasteiger partial charge on any atom is -0.463 e. The number of ether oxygens (including phenoxy) is 1. The van der Waals surface area contributed by atoms with Crippen molar-refractivity contribution in [1.29, 1.82) is 0 Å². The maximum atomic E-state index is 11.3. The minimum absolute atomic E-state index is 0.329. The molecular formula is C10H18O3. The summed E-state index contributed by atoms with van der Waals surface area (Å²) >= 11 is 0. The monoisotopic (exact) mass is 186 g/mol. The highest BCUT2D eigenvalue weighted by molar-refractivity contribution is 5.90. The van der Waals surface area contributed by atoms with Crippen LogP contribution in [0, 0.1) is 0 Å². The van der Waals surface area contributed by atoms with Crippen molar-refractivity contribution in [1.82, 2.24) is 0 Å². The molecule has 0 aliphatic carbocycles. The molecule has 3 nitrogen and oxygen atoms in total. The molecule has 0 fully saturated rings. The Hall–Kier alpha value is -0.830. The van der Waals surface area contributed by atoms with Crippen molar-refractivity contribution in [3.63, 3.8) is 0 Å². The van der Waals surface area contributed by atoms with Crippen molar-refractivity contribution in [2.24, 2.45) is 0 Å². The topological polar surface area (TPSA) is 46.5 Å². The maximum absolute atomic E-state index is 11.3. The lowest BCUT2D eigenvalue weighted by molar-refractivity contribution is -0.140. The van der Waals surface area contributed by atoms with E-state index in [0.717, 1.165) is 0 Å². The van der Waals surface area contributed by atoms with Crippen LogP contribution in [0.2, 0.25) is 0 Å². The first kappa shape index (κ1) is 12.2. The van der Waals surface area contributed by atoms with Crippen molar-refractivity contribution in [2.45, 2.75) is 39.7 Å². The highest BCUT2D eigenvalue weighted by Crippen LogP contribution is 2.21. The van der Waals surface area contributed by atoms with Crippen LogP contribution < -0.4 is 0 Å². The molecule has 0 radical (unpaired) electrons. The zero-order chi connectivity index (χ0) is 10.5. The molecule has 1 unspecified atom stereocenters. The first-order valence-electron chi connectivity index (χ1n) is 4.55. The van der Waals surface area contributed by atoms with Crippen LogP contribution in [-0.4, -0.2) is 23.3 Å². The second kappa shape index (κ2) is 5.02. The predicted octanol–water partition coefficient (Wildman–Crippen LogP) is 1.66. The fourth-order valence-electron chi connectivity index (χ4n) is 1.05. The number of rotatable bonds is 4. The minimum atomic E-state index is -1.08. The largest absolute Gasteiger partial charge is 0.463 e. The number of esters is 1. The Morgan fingerprint density at radius 1 is 1.54 bits per heavy atom. The van der Waals surface area contributed by atoms with Gasteiger partial charge < -0.3 is 9.84 Å². The average molecular weight is 186 g/mol. The molecular weight excluding hydrogens is 168 g/mol. The third-order valence-corrected chi connectivity index (χ3v) is 2.05. The summed E-state index contributed by atoms with van der Waals surface area (Å²) in [7, 11) is 0. The molecule has 0 rings (SSSR count). The lowest BCUT2D eigenvalue weighted by Gasteiger charge is -2.23. The Balaban J connectivity index is 4.63. The normalized spacial score (nSPS) is 16.5. The van der Waals surface area contributed by atoms with E-state index >= 15 is 0 Å². The van der Waals surface area contributed by atoms with Gasteiger partial charge in [-0.2, -0.15) is 0 Å². The molecule has 76 valence electrons. The molecule has 3 heteroatoms. The summed E-state index contributed by atoms with van der Waals surface area (Å²) < 4.78 is 4.82. The summed E-state index contributed by atoms with van der Waals surface area (Å²) in [5, 5.41) is 9.81. The molecule has 0 aromatic rings. The standard InChI is InChI=1S/C10H18O3/c1-5-8(9(11)13-7-3)10(4,12)6-2/h5,12H,6-7H2,1-4H3/b8-5+. The third-order valence-electron chi connectivity index (χ3n) is 2.05. The zero-order valence-corrected chi connectivity index (χ0v) is 8.76. The predicted molar refractivity (Wildman–Crippen MR) is 51.3 cm³/mol. The Morgan fingerprint density at radius 3 is 2.38 bits per heavy atom. The van der Waals surface area contributed by atoms with Gasteiger partial charge in [-0.15, -0.1) is 0 Å². The van der Waals surface area contributed by atoms with Gasteiger partial charge in [-0.1, -0.05) is 13.0 Å². The van der Waals surface area contributed by atoms with E-state index in [1.165, 1.54) is 0 Å². The molecule has 0 saturated carbocycles. The van der Waals surface area contributed by atoms with Gasteiger partial charge in [0.05, 0.1) is 17.8 Å². The van der Waals surface area contributed by atoms with Crippen molar-refractivity contribution in [3.8, 4) is 0 Å². The molecule has 0 amide bonds. The SMILES string of the molecule is C/C=C(\C(=O)OCC)C(C)(O)CC. The van der Waals surface area contributed by atoms with Gasteiger partial charge in [-0.3, -0.25) is 0 Å². The smallest absolute Gasteiger partial charge is 0.336 e. The van der Waals surface area contributed by atoms with Gasteiger partial charge in [0.25, 0.3) is 0 Å². The first-order valence-corrected chi connectivity index (χ1v) is 4.55. The van der Waals surface area contributed by atoms with E-state index in [9.17, 15) is 9.90 Å². The number of allylic oxidation sites excluding steroid dienone is 1. The molecule has 0 aromatic heterocycles. The quantitative estimate of drug-likeness (QED) is 0.536. The molecule has 1 N–H and O–H groups in total. The van der Waals surface area contributed by atoms with Gasteiger partial charge >= 0.3 is 5.97 Å². The highest BCUT2D eigenvalue weighted by atomic mass is 16.5. The van der Waals surface area contributed by atoms with E-state index in [4.69, 9.17) is 4.74 Å². The molecule has 0 bridgehead atoms. The summed E-state index contributed by atoms with van der Waals surface area (Å²) in [6.45, 7) is 7.22. The molecule has 0 heterocycles. The Kier molecular flexibility index (Phi) is 4.70. The van der Waals surface area contributed by atoms with E-state index in [1.54, 1.807) is 26.8 Å². The summed E-state index contributed by atoms with van der Waals surface area (Å²) in [5.74, 6) is -0.433. The number of carbonyl (C=O) groups is 1. The van der Waals surface area contributed by atoms with Gasteiger partial charge in [0, 0.05) is 0 Å². The molecule has 0 saturated heterocycles. The first-order chi connectivity index (χ1) is 5.99. The van der Waals surface area contributed by atoms with Crippen LogP contribution in [-0.2, 0) is 9.53 Å². The summed E-state index contributed by atoms with van der Waals surface area (Å²) in [5.41, 5.74) is -0.752. The maximum Gasteiger partial charge on any atom is 0.336 e. The molecule has 13 heavy (non-hydrogen) atoms. The summed E-state index contributed by atoms with van der Waals surface area (Å²) in [6, 6.07) is 0. The van der Waals surface area contributed by atoms with E-state index in [2.05, 4.69) is 0 Å². The van der Waals surface area contributed by atoms with Gasteiger partial charge in [-0.25, -0.2) is 4.79 Å². The van der Waals surface area contributed by atoms with Crippen LogP contribution in [0.1, 0.15) is 34.1 Å². The van der Waals surface area contributed by atoms with Crippen molar-refractivity contribution in [2.75, 3.05) is 6.61 Å². The number of hydrogen-bond donors (Lipinski definition) is 1. The van der Waals surface area contributed by atoms with Crippen LogP contribution >= 0.6 is 0 Å². The summed E-state index contributed by atoms with van der Waals surface area (Å²) in [4.78, 5) is 11.3. The molecule has 0 aliphatic rings. The number of hydrogen-bond acceptors (Lipinski definition) is 3. The Labute approximate surface area is 79.4 Å². The zero-order valence-electron chi connectivity index (χ0n) is 8.76. The second-order valence-electron chi connectivity index (χ2n) is 3.05. The van der Waals surface area contributed by atoms with Gasteiger partial charge in [-0.05, 0) is 27.2 Å². The second-order valence-corrected chi connectivity index (χ2v) is 3.05. The average Bonchev–Trinajstić information content (AvgIpc) is 2.05. The highest BCUT2D eigenvalue weighted by Gasteiger charge is 2.29. The molecule has 0 spiro atoms. The number of carbonyl (C=O) groups excluding carboxylic acids is 1. The van der Waals surface area contributed by atoms with Crippen LogP contribution in [0.3, 0.4) is 0 Å². The van der Waals surface area contributed by atoms with E-state index < -0.39 is 11.6 Å². The Bertz CT molecular complexity index is 204.